The van der Waals surface area contributed by atoms with Crippen LogP contribution in [0.4, 0.5) is 0 Å². The van der Waals surface area contributed by atoms with Crippen LogP contribution in [0.1, 0.15) is 6.92 Å². The first kappa shape index (κ1) is 11.5. The lowest BCUT2D eigenvalue weighted by atomic mass is 10.2. The van der Waals surface area contributed by atoms with Crippen LogP contribution in [0.25, 0.3) is 0 Å². The van der Waals surface area contributed by atoms with E-state index in [2.05, 4.69) is 5.10 Å². The number of alkyl halides is 1. The van der Waals surface area contributed by atoms with Gasteiger partial charge >= 0.3 is 0 Å². The highest BCUT2D eigenvalue weighted by Gasteiger charge is 2.10. The van der Waals surface area contributed by atoms with E-state index in [1.807, 2.05) is 6.92 Å². The van der Waals surface area contributed by atoms with E-state index < -0.39 is 9.84 Å². The molecule has 1 heterocycles. The van der Waals surface area contributed by atoms with Crippen LogP contribution in [-0.2, 0) is 16.4 Å². The van der Waals surface area contributed by atoms with Gasteiger partial charge in [-0.05, 0) is 5.92 Å². The second kappa shape index (κ2) is 4.31. The lowest BCUT2D eigenvalue weighted by Crippen LogP contribution is -2.09. The normalized spacial score (nSPS) is 14.2. The molecule has 1 aromatic rings. The van der Waals surface area contributed by atoms with Crippen LogP contribution in [0.5, 0.6) is 0 Å². The maximum absolute atomic E-state index is 11.1. The van der Waals surface area contributed by atoms with Gasteiger partial charge in [0.15, 0.2) is 9.84 Å². The van der Waals surface area contributed by atoms with E-state index in [9.17, 15) is 8.42 Å². The van der Waals surface area contributed by atoms with Gasteiger partial charge in [-0.3, -0.25) is 4.68 Å². The zero-order valence-electron chi connectivity index (χ0n) is 8.14. The zero-order valence-corrected chi connectivity index (χ0v) is 9.72. The van der Waals surface area contributed by atoms with Crippen molar-refractivity contribution in [1.82, 2.24) is 9.78 Å². The molecule has 1 atom stereocenters. The molecule has 1 unspecified atom stereocenters. The highest BCUT2D eigenvalue weighted by molar-refractivity contribution is 7.90. The fourth-order valence-electron chi connectivity index (χ4n) is 1.00. The van der Waals surface area contributed by atoms with Crippen LogP contribution >= 0.6 is 11.6 Å². The lowest BCUT2D eigenvalue weighted by molar-refractivity contribution is 0.486. The summed E-state index contributed by atoms with van der Waals surface area (Å²) in [6.07, 6.45) is 4.05. The number of rotatable bonds is 4. The SMILES string of the molecule is CC(CCl)Cn1cc(S(C)(=O)=O)cn1. The van der Waals surface area contributed by atoms with Crippen molar-refractivity contribution in [2.24, 2.45) is 5.92 Å². The highest BCUT2D eigenvalue weighted by Crippen LogP contribution is 2.08. The van der Waals surface area contributed by atoms with E-state index in [4.69, 9.17) is 11.6 Å². The Morgan fingerprint density at radius 1 is 1.64 bits per heavy atom. The number of halogens is 1. The van der Waals surface area contributed by atoms with Crippen LogP contribution in [0, 0.1) is 5.92 Å². The lowest BCUT2D eigenvalue weighted by Gasteiger charge is -2.06. The summed E-state index contributed by atoms with van der Waals surface area (Å²) in [4.78, 5) is 0.249. The summed E-state index contributed by atoms with van der Waals surface area (Å²) < 4.78 is 23.8. The van der Waals surface area contributed by atoms with Gasteiger partial charge in [-0.1, -0.05) is 6.92 Å². The summed E-state index contributed by atoms with van der Waals surface area (Å²) in [6, 6.07) is 0. The molecule has 4 nitrogen and oxygen atoms in total. The Labute approximate surface area is 88.8 Å². The number of aromatic nitrogens is 2. The van der Waals surface area contributed by atoms with E-state index in [0.29, 0.717) is 12.4 Å². The van der Waals surface area contributed by atoms with Crippen molar-refractivity contribution in [3.63, 3.8) is 0 Å². The first-order chi connectivity index (χ1) is 6.43. The number of sulfone groups is 1. The Morgan fingerprint density at radius 3 is 2.71 bits per heavy atom. The largest absolute Gasteiger partial charge is 0.271 e. The predicted molar refractivity (Wildman–Crippen MR) is 55.2 cm³/mol. The van der Waals surface area contributed by atoms with Crippen molar-refractivity contribution in [2.75, 3.05) is 12.1 Å². The molecule has 1 aromatic heterocycles. The molecular weight excluding hydrogens is 224 g/mol. The topological polar surface area (TPSA) is 52.0 Å². The molecule has 6 heteroatoms. The zero-order chi connectivity index (χ0) is 10.8. The van der Waals surface area contributed by atoms with Crippen molar-refractivity contribution >= 4 is 21.4 Å². The van der Waals surface area contributed by atoms with E-state index in [-0.39, 0.29) is 10.8 Å². The third kappa shape index (κ3) is 2.99. The van der Waals surface area contributed by atoms with Gasteiger partial charge in [0, 0.05) is 24.9 Å². The number of nitrogens with zero attached hydrogens (tertiary/aromatic N) is 2. The molecule has 1 rings (SSSR count). The Kier molecular flexibility index (Phi) is 3.55. The predicted octanol–water partition coefficient (Wildman–Crippen LogP) is 1.16. The van der Waals surface area contributed by atoms with Gasteiger partial charge < -0.3 is 0 Å². The van der Waals surface area contributed by atoms with E-state index in [1.54, 1.807) is 4.68 Å². The van der Waals surface area contributed by atoms with Crippen molar-refractivity contribution < 1.29 is 8.42 Å². The van der Waals surface area contributed by atoms with Crippen LogP contribution in [-0.4, -0.2) is 30.3 Å². The van der Waals surface area contributed by atoms with Crippen molar-refractivity contribution in [3.05, 3.63) is 12.4 Å². The Bertz CT molecular complexity index is 399. The summed E-state index contributed by atoms with van der Waals surface area (Å²) in [7, 11) is -3.14. The van der Waals surface area contributed by atoms with Crippen LogP contribution < -0.4 is 0 Å². The minimum absolute atomic E-state index is 0.249. The number of hydrogen-bond acceptors (Lipinski definition) is 3. The Balaban J connectivity index is 2.79. The van der Waals surface area contributed by atoms with Gasteiger partial charge in [0.1, 0.15) is 4.90 Å². The van der Waals surface area contributed by atoms with Crippen LogP contribution in [0.2, 0.25) is 0 Å². The standard InChI is InChI=1S/C8H13ClN2O2S/c1-7(3-9)5-11-6-8(4-10-11)14(2,12)13/h4,6-7H,3,5H2,1-2H3. The molecule has 0 saturated heterocycles. The van der Waals surface area contributed by atoms with Crippen molar-refractivity contribution in [1.29, 1.82) is 0 Å². The molecule has 0 aliphatic carbocycles. The first-order valence-electron chi connectivity index (χ1n) is 4.22. The maximum atomic E-state index is 11.1. The average Bonchev–Trinajstić information content (AvgIpc) is 2.51. The fraction of sp³-hybridized carbons (Fsp3) is 0.625. The van der Waals surface area contributed by atoms with E-state index in [0.717, 1.165) is 0 Å². The molecule has 14 heavy (non-hydrogen) atoms. The summed E-state index contributed by atoms with van der Waals surface area (Å²) >= 11 is 5.64. The number of hydrogen-bond donors (Lipinski definition) is 0. The van der Waals surface area contributed by atoms with Crippen LogP contribution in [0.15, 0.2) is 17.3 Å². The third-order valence-electron chi connectivity index (χ3n) is 1.80. The second-order valence-electron chi connectivity index (χ2n) is 3.43. The van der Waals surface area contributed by atoms with E-state index >= 15 is 0 Å². The quantitative estimate of drug-likeness (QED) is 0.738. The fourth-order valence-corrected chi connectivity index (χ4v) is 1.65. The smallest absolute Gasteiger partial charge is 0.178 e. The van der Waals surface area contributed by atoms with Gasteiger partial charge in [0.25, 0.3) is 0 Å². The molecule has 0 aliphatic heterocycles. The van der Waals surface area contributed by atoms with Gasteiger partial charge in [0.2, 0.25) is 0 Å². The summed E-state index contributed by atoms with van der Waals surface area (Å²) in [5, 5.41) is 3.95. The minimum Gasteiger partial charge on any atom is -0.271 e. The average molecular weight is 237 g/mol. The van der Waals surface area contributed by atoms with E-state index in [1.165, 1.54) is 18.6 Å². The summed E-state index contributed by atoms with van der Waals surface area (Å²) in [5.74, 6) is 0.817. The minimum atomic E-state index is -3.14. The Morgan fingerprint density at radius 2 is 2.29 bits per heavy atom. The molecule has 0 aromatic carbocycles. The molecule has 0 aliphatic rings. The molecule has 0 bridgehead atoms. The summed E-state index contributed by atoms with van der Waals surface area (Å²) in [5.41, 5.74) is 0. The molecular formula is C8H13ClN2O2S. The molecule has 0 fully saturated rings. The molecule has 0 amide bonds. The van der Waals surface area contributed by atoms with Gasteiger partial charge in [-0.2, -0.15) is 5.10 Å². The molecule has 0 radical (unpaired) electrons. The summed E-state index contributed by atoms with van der Waals surface area (Å²) in [6.45, 7) is 2.62. The van der Waals surface area contributed by atoms with Gasteiger partial charge in [-0.15, -0.1) is 11.6 Å². The maximum Gasteiger partial charge on any atom is 0.178 e. The van der Waals surface area contributed by atoms with Crippen molar-refractivity contribution in [2.45, 2.75) is 18.4 Å². The molecule has 0 spiro atoms. The molecule has 0 saturated carbocycles. The highest BCUT2D eigenvalue weighted by atomic mass is 35.5. The third-order valence-corrected chi connectivity index (χ3v) is 3.39. The molecule has 80 valence electrons. The monoisotopic (exact) mass is 236 g/mol. The second-order valence-corrected chi connectivity index (χ2v) is 5.75. The van der Waals surface area contributed by atoms with Crippen LogP contribution in [0.3, 0.4) is 0 Å². The van der Waals surface area contributed by atoms with Crippen molar-refractivity contribution in [3.8, 4) is 0 Å². The first-order valence-corrected chi connectivity index (χ1v) is 6.64. The molecule has 0 N–H and O–H groups in total. The van der Waals surface area contributed by atoms with Gasteiger partial charge in [-0.25, -0.2) is 8.42 Å². The van der Waals surface area contributed by atoms with Gasteiger partial charge in [0.05, 0.1) is 6.20 Å². The Hall–Kier alpha value is -0.550.